The maximum Gasteiger partial charge on any atom is 0.163 e. The van der Waals surface area contributed by atoms with Crippen LogP contribution in [0.15, 0.2) is 73.1 Å². The lowest BCUT2D eigenvalue weighted by atomic mass is 9.88. The first-order chi connectivity index (χ1) is 20.0. The predicted octanol–water partition coefficient (Wildman–Crippen LogP) is 6.36. The molecule has 0 amide bonds. The van der Waals surface area contributed by atoms with Crippen molar-refractivity contribution in [2.75, 3.05) is 33.4 Å². The summed E-state index contributed by atoms with van der Waals surface area (Å²) in [5.74, 6) is 0.795. The SMILES string of the molecule is COc1cc(F)ccc1OCCCN1CCC(c2cn(-c3ccc(F)cc3)c3ccc(-c4cnnn4C)cc23)CC1. The predicted molar refractivity (Wildman–Crippen MR) is 155 cm³/mol. The smallest absolute Gasteiger partial charge is 0.163 e. The van der Waals surface area contributed by atoms with Gasteiger partial charge >= 0.3 is 0 Å². The zero-order valence-corrected chi connectivity index (χ0v) is 23.3. The molecule has 0 N–H and O–H groups in total. The molecule has 0 saturated carbocycles. The van der Waals surface area contributed by atoms with Crippen LogP contribution < -0.4 is 9.47 Å². The van der Waals surface area contributed by atoms with E-state index >= 15 is 0 Å². The summed E-state index contributed by atoms with van der Waals surface area (Å²) in [6.45, 7) is 3.47. The van der Waals surface area contributed by atoms with Gasteiger partial charge in [0.2, 0.25) is 0 Å². The van der Waals surface area contributed by atoms with Gasteiger partial charge in [-0.2, -0.15) is 0 Å². The summed E-state index contributed by atoms with van der Waals surface area (Å²) < 4.78 is 42.2. The molecule has 1 aliphatic rings. The first-order valence-corrected chi connectivity index (χ1v) is 13.9. The van der Waals surface area contributed by atoms with E-state index in [1.165, 1.54) is 42.3 Å². The summed E-state index contributed by atoms with van der Waals surface area (Å²) in [4.78, 5) is 2.48. The van der Waals surface area contributed by atoms with E-state index in [9.17, 15) is 8.78 Å². The third kappa shape index (κ3) is 5.67. The van der Waals surface area contributed by atoms with Gasteiger partial charge in [-0.25, -0.2) is 13.5 Å². The summed E-state index contributed by atoms with van der Waals surface area (Å²) in [5.41, 5.74) is 5.38. The lowest BCUT2D eigenvalue weighted by Crippen LogP contribution is -2.34. The molecule has 9 heteroatoms. The molecule has 1 saturated heterocycles. The lowest BCUT2D eigenvalue weighted by Gasteiger charge is -2.32. The maximum atomic E-state index is 13.7. The van der Waals surface area contributed by atoms with E-state index in [1.807, 2.05) is 19.2 Å². The van der Waals surface area contributed by atoms with Crippen LogP contribution in [0.2, 0.25) is 0 Å². The van der Waals surface area contributed by atoms with Gasteiger partial charge in [0.05, 0.1) is 31.1 Å². The van der Waals surface area contributed by atoms with Crippen LogP contribution in [0.25, 0.3) is 27.8 Å². The Hall–Kier alpha value is -4.24. The largest absolute Gasteiger partial charge is 0.493 e. The van der Waals surface area contributed by atoms with Crippen LogP contribution in [0.3, 0.4) is 0 Å². The average molecular weight is 558 g/mol. The fourth-order valence-electron chi connectivity index (χ4n) is 5.81. The summed E-state index contributed by atoms with van der Waals surface area (Å²) >= 11 is 0. The molecule has 212 valence electrons. The van der Waals surface area contributed by atoms with E-state index in [0.29, 0.717) is 24.0 Å². The highest BCUT2D eigenvalue weighted by molar-refractivity contribution is 5.90. The highest BCUT2D eigenvalue weighted by atomic mass is 19.1. The number of nitrogens with zero attached hydrogens (tertiary/aromatic N) is 5. The number of methoxy groups -OCH3 is 1. The fraction of sp³-hybridized carbons (Fsp3) is 0.312. The number of aromatic nitrogens is 4. The van der Waals surface area contributed by atoms with Crippen LogP contribution >= 0.6 is 0 Å². The molecule has 0 radical (unpaired) electrons. The fourth-order valence-corrected chi connectivity index (χ4v) is 5.81. The van der Waals surface area contributed by atoms with E-state index in [1.54, 1.807) is 16.9 Å². The first-order valence-electron chi connectivity index (χ1n) is 13.9. The van der Waals surface area contributed by atoms with Gasteiger partial charge < -0.3 is 18.9 Å². The number of fused-ring (bicyclic) bond motifs is 1. The molecule has 0 spiro atoms. The molecule has 2 aromatic heterocycles. The second-order valence-corrected chi connectivity index (χ2v) is 10.5. The second-order valence-electron chi connectivity index (χ2n) is 10.5. The van der Waals surface area contributed by atoms with Gasteiger partial charge in [-0.05, 0) is 92.4 Å². The van der Waals surface area contributed by atoms with Gasteiger partial charge in [-0.3, -0.25) is 0 Å². The van der Waals surface area contributed by atoms with Gasteiger partial charge in [0.25, 0.3) is 0 Å². The number of aryl methyl sites for hydroxylation is 1. The van der Waals surface area contributed by atoms with Crippen molar-refractivity contribution in [1.29, 1.82) is 0 Å². The van der Waals surface area contributed by atoms with E-state index in [4.69, 9.17) is 9.47 Å². The monoisotopic (exact) mass is 557 g/mol. The molecule has 0 bridgehead atoms. The Bertz CT molecular complexity index is 1640. The topological polar surface area (TPSA) is 57.3 Å². The van der Waals surface area contributed by atoms with Crippen molar-refractivity contribution in [2.24, 2.45) is 7.05 Å². The number of hydrogen-bond acceptors (Lipinski definition) is 5. The number of rotatable bonds is 9. The molecule has 0 aliphatic carbocycles. The Kier molecular flexibility index (Phi) is 7.69. The quantitative estimate of drug-likeness (QED) is 0.197. The first kappa shape index (κ1) is 27.0. The molecule has 0 atom stereocenters. The molecular weight excluding hydrogens is 524 g/mol. The Balaban J connectivity index is 1.16. The van der Waals surface area contributed by atoms with Crippen LogP contribution in [-0.4, -0.2) is 57.8 Å². The summed E-state index contributed by atoms with van der Waals surface area (Å²) in [6, 6.07) is 17.4. The molecule has 1 fully saturated rings. The van der Waals surface area contributed by atoms with Gasteiger partial charge in [-0.15, -0.1) is 5.10 Å². The van der Waals surface area contributed by atoms with Crippen molar-refractivity contribution in [3.05, 3.63) is 90.3 Å². The minimum absolute atomic E-state index is 0.244. The van der Waals surface area contributed by atoms with Crippen molar-refractivity contribution in [2.45, 2.75) is 25.2 Å². The standard InChI is InChI=1S/C32H33F2N5O2/c1-37-30(20-35-36-37)23-4-10-29-27(18-23)28(21-39(29)26-8-5-24(33)6-9-26)22-12-15-38(16-13-22)14-3-17-41-31-11-7-25(34)19-32(31)40-2/h4-11,18-22H,3,12-17H2,1-2H3. The van der Waals surface area contributed by atoms with E-state index < -0.39 is 0 Å². The van der Waals surface area contributed by atoms with Gasteiger partial charge in [-0.1, -0.05) is 11.3 Å². The summed E-state index contributed by atoms with van der Waals surface area (Å²) in [5, 5.41) is 9.36. The van der Waals surface area contributed by atoms with Crippen LogP contribution in [0, 0.1) is 11.6 Å². The average Bonchev–Trinajstić information content (AvgIpc) is 3.60. The highest BCUT2D eigenvalue weighted by Crippen LogP contribution is 2.37. The lowest BCUT2D eigenvalue weighted by molar-refractivity contribution is 0.191. The van der Waals surface area contributed by atoms with E-state index in [2.05, 4.69) is 44.2 Å². The third-order valence-corrected chi connectivity index (χ3v) is 7.98. The van der Waals surface area contributed by atoms with Gasteiger partial charge in [0.1, 0.15) is 11.6 Å². The molecule has 3 aromatic carbocycles. The van der Waals surface area contributed by atoms with Crippen molar-refractivity contribution < 1.29 is 18.3 Å². The Labute approximate surface area is 237 Å². The van der Waals surface area contributed by atoms with Crippen LogP contribution in [0.5, 0.6) is 11.5 Å². The Morgan fingerprint density at radius 3 is 2.44 bits per heavy atom. The molecule has 3 heterocycles. The number of ether oxygens (including phenoxy) is 2. The minimum Gasteiger partial charge on any atom is -0.493 e. The molecular formula is C32H33F2N5O2. The molecule has 6 rings (SSSR count). The number of benzene rings is 3. The normalized spacial score (nSPS) is 14.5. The number of piperidine rings is 1. The third-order valence-electron chi connectivity index (χ3n) is 7.98. The molecule has 1 aliphatic heterocycles. The maximum absolute atomic E-state index is 13.7. The molecule has 41 heavy (non-hydrogen) atoms. The van der Waals surface area contributed by atoms with Crippen LogP contribution in [-0.2, 0) is 7.05 Å². The van der Waals surface area contributed by atoms with Gasteiger partial charge in [0, 0.05) is 42.5 Å². The zero-order chi connectivity index (χ0) is 28.3. The van der Waals surface area contributed by atoms with Crippen LogP contribution in [0.4, 0.5) is 8.78 Å². The second kappa shape index (κ2) is 11.7. The van der Waals surface area contributed by atoms with Crippen molar-refractivity contribution in [3.63, 3.8) is 0 Å². The van der Waals surface area contributed by atoms with Crippen molar-refractivity contribution in [3.8, 4) is 28.4 Å². The van der Waals surface area contributed by atoms with E-state index in [-0.39, 0.29) is 11.6 Å². The molecule has 7 nitrogen and oxygen atoms in total. The highest BCUT2D eigenvalue weighted by Gasteiger charge is 2.24. The molecule has 5 aromatic rings. The zero-order valence-electron chi connectivity index (χ0n) is 23.3. The molecule has 0 unspecified atom stereocenters. The van der Waals surface area contributed by atoms with Gasteiger partial charge in [0.15, 0.2) is 11.5 Å². The number of likely N-dealkylation sites (tertiary alicyclic amines) is 1. The Morgan fingerprint density at radius 1 is 0.927 bits per heavy atom. The Morgan fingerprint density at radius 2 is 1.71 bits per heavy atom. The summed E-state index contributed by atoms with van der Waals surface area (Å²) in [7, 11) is 3.41. The summed E-state index contributed by atoms with van der Waals surface area (Å²) in [6.07, 6.45) is 6.98. The number of hydrogen-bond donors (Lipinski definition) is 0. The van der Waals surface area contributed by atoms with Crippen molar-refractivity contribution in [1.82, 2.24) is 24.5 Å². The number of halogens is 2. The van der Waals surface area contributed by atoms with E-state index in [0.717, 1.165) is 61.4 Å². The van der Waals surface area contributed by atoms with Crippen LogP contribution in [0.1, 0.15) is 30.7 Å². The van der Waals surface area contributed by atoms with Crippen molar-refractivity contribution >= 4 is 10.9 Å². The minimum atomic E-state index is -0.344.